The van der Waals surface area contributed by atoms with E-state index in [0.29, 0.717) is 10.8 Å². The standard InChI is InChI=1S/C9H14ClNO2S2/c1-2-7(11)5-15(12,13)6-8-3-4-9(10)14-8/h3-4,7H,2,5-6,11H2,1H3. The molecule has 0 fully saturated rings. The summed E-state index contributed by atoms with van der Waals surface area (Å²) in [5.41, 5.74) is 5.62. The van der Waals surface area contributed by atoms with Crippen molar-refractivity contribution in [3.8, 4) is 0 Å². The van der Waals surface area contributed by atoms with E-state index in [1.807, 2.05) is 6.92 Å². The lowest BCUT2D eigenvalue weighted by Gasteiger charge is -2.08. The summed E-state index contributed by atoms with van der Waals surface area (Å²) in [5.74, 6) is 0.0805. The zero-order valence-electron chi connectivity index (χ0n) is 8.44. The van der Waals surface area contributed by atoms with Gasteiger partial charge in [0, 0.05) is 10.9 Å². The van der Waals surface area contributed by atoms with Crippen molar-refractivity contribution < 1.29 is 8.42 Å². The Morgan fingerprint density at radius 3 is 2.67 bits per heavy atom. The fourth-order valence-corrected chi connectivity index (χ4v) is 4.34. The van der Waals surface area contributed by atoms with Gasteiger partial charge in [-0.3, -0.25) is 0 Å². The highest BCUT2D eigenvalue weighted by atomic mass is 35.5. The van der Waals surface area contributed by atoms with Gasteiger partial charge in [-0.15, -0.1) is 11.3 Å². The van der Waals surface area contributed by atoms with Crippen LogP contribution in [-0.2, 0) is 15.6 Å². The Morgan fingerprint density at radius 1 is 1.53 bits per heavy atom. The molecule has 1 aromatic heterocycles. The first-order valence-corrected chi connectivity index (χ1v) is 7.64. The molecule has 1 aromatic rings. The van der Waals surface area contributed by atoms with E-state index in [0.717, 1.165) is 4.88 Å². The van der Waals surface area contributed by atoms with Crippen molar-refractivity contribution in [1.29, 1.82) is 0 Å². The van der Waals surface area contributed by atoms with Crippen LogP contribution in [0.5, 0.6) is 0 Å². The van der Waals surface area contributed by atoms with Crippen LogP contribution in [0.3, 0.4) is 0 Å². The lowest BCUT2D eigenvalue weighted by atomic mass is 10.3. The normalized spacial score (nSPS) is 14.1. The second-order valence-corrected chi connectivity index (χ2v) is 7.34. The predicted molar refractivity (Wildman–Crippen MR) is 65.1 cm³/mol. The summed E-state index contributed by atoms with van der Waals surface area (Å²) in [4.78, 5) is 0.767. The molecule has 0 aliphatic rings. The van der Waals surface area contributed by atoms with Crippen LogP contribution in [0.25, 0.3) is 0 Å². The SMILES string of the molecule is CCC(N)CS(=O)(=O)Cc1ccc(Cl)s1. The number of nitrogens with two attached hydrogens (primary N) is 1. The molecule has 15 heavy (non-hydrogen) atoms. The second kappa shape index (κ2) is 5.30. The maximum atomic E-state index is 11.7. The summed E-state index contributed by atoms with van der Waals surface area (Å²) < 4.78 is 23.9. The number of sulfone groups is 1. The van der Waals surface area contributed by atoms with Crippen molar-refractivity contribution >= 4 is 32.8 Å². The lowest BCUT2D eigenvalue weighted by Crippen LogP contribution is -2.29. The molecular weight excluding hydrogens is 254 g/mol. The molecular formula is C9H14ClNO2S2. The number of halogens is 1. The summed E-state index contributed by atoms with van der Waals surface area (Å²) in [6.45, 7) is 1.88. The zero-order valence-corrected chi connectivity index (χ0v) is 10.8. The molecule has 0 saturated carbocycles. The molecule has 1 rings (SSSR count). The van der Waals surface area contributed by atoms with E-state index in [-0.39, 0.29) is 17.5 Å². The van der Waals surface area contributed by atoms with Crippen LogP contribution in [0.2, 0.25) is 4.34 Å². The van der Waals surface area contributed by atoms with Crippen LogP contribution in [0.4, 0.5) is 0 Å². The van der Waals surface area contributed by atoms with Gasteiger partial charge in [0.05, 0.1) is 15.8 Å². The van der Waals surface area contributed by atoms with Gasteiger partial charge in [0.2, 0.25) is 0 Å². The summed E-state index contributed by atoms with van der Waals surface area (Å²) in [6, 6.07) is 3.17. The Morgan fingerprint density at radius 2 is 2.20 bits per heavy atom. The van der Waals surface area contributed by atoms with Crippen molar-refractivity contribution in [2.24, 2.45) is 5.73 Å². The molecule has 86 valence electrons. The van der Waals surface area contributed by atoms with E-state index in [1.165, 1.54) is 11.3 Å². The van der Waals surface area contributed by atoms with E-state index in [2.05, 4.69) is 0 Å². The highest BCUT2D eigenvalue weighted by molar-refractivity contribution is 7.90. The van der Waals surface area contributed by atoms with Gasteiger partial charge in [-0.05, 0) is 18.6 Å². The Kier molecular flexibility index (Phi) is 4.58. The molecule has 0 aliphatic heterocycles. The molecule has 1 unspecified atom stereocenters. The number of hydrogen-bond donors (Lipinski definition) is 1. The molecule has 3 nitrogen and oxygen atoms in total. The first-order valence-electron chi connectivity index (χ1n) is 4.63. The van der Waals surface area contributed by atoms with Gasteiger partial charge in [0.25, 0.3) is 0 Å². The van der Waals surface area contributed by atoms with Gasteiger partial charge >= 0.3 is 0 Å². The Balaban J connectivity index is 2.64. The van der Waals surface area contributed by atoms with Gasteiger partial charge in [0.1, 0.15) is 0 Å². The Hall–Kier alpha value is -0.100. The van der Waals surface area contributed by atoms with Gasteiger partial charge in [-0.1, -0.05) is 18.5 Å². The first-order chi connectivity index (χ1) is 6.93. The van der Waals surface area contributed by atoms with Crippen LogP contribution in [-0.4, -0.2) is 20.2 Å². The maximum absolute atomic E-state index is 11.7. The maximum Gasteiger partial charge on any atom is 0.156 e. The van der Waals surface area contributed by atoms with Crippen molar-refractivity contribution in [2.45, 2.75) is 25.1 Å². The van der Waals surface area contributed by atoms with Crippen LogP contribution in [0.15, 0.2) is 12.1 Å². The van der Waals surface area contributed by atoms with Gasteiger partial charge in [-0.2, -0.15) is 0 Å². The molecule has 0 aromatic carbocycles. The Labute approximate surface area is 99.2 Å². The van der Waals surface area contributed by atoms with Crippen molar-refractivity contribution in [2.75, 3.05) is 5.75 Å². The molecule has 1 heterocycles. The molecule has 0 aliphatic carbocycles. The fourth-order valence-electron chi connectivity index (χ4n) is 1.15. The van der Waals surface area contributed by atoms with Crippen molar-refractivity contribution in [3.05, 3.63) is 21.3 Å². The van der Waals surface area contributed by atoms with E-state index in [1.54, 1.807) is 12.1 Å². The third kappa shape index (κ3) is 4.51. The minimum Gasteiger partial charge on any atom is -0.327 e. The monoisotopic (exact) mass is 267 g/mol. The smallest absolute Gasteiger partial charge is 0.156 e. The first kappa shape index (κ1) is 13.0. The quantitative estimate of drug-likeness (QED) is 0.888. The summed E-state index contributed by atoms with van der Waals surface area (Å²) in [5, 5.41) is 0. The van der Waals surface area contributed by atoms with Gasteiger partial charge in [-0.25, -0.2) is 8.42 Å². The third-order valence-electron chi connectivity index (χ3n) is 1.98. The highest BCUT2D eigenvalue weighted by Crippen LogP contribution is 2.23. The number of hydrogen-bond acceptors (Lipinski definition) is 4. The average Bonchev–Trinajstić information content (AvgIpc) is 2.49. The molecule has 6 heteroatoms. The van der Waals surface area contributed by atoms with Gasteiger partial charge in [0.15, 0.2) is 9.84 Å². The number of thiophene rings is 1. The van der Waals surface area contributed by atoms with Gasteiger partial charge < -0.3 is 5.73 Å². The van der Waals surface area contributed by atoms with Crippen LogP contribution in [0, 0.1) is 0 Å². The van der Waals surface area contributed by atoms with E-state index in [9.17, 15) is 8.42 Å². The van der Waals surface area contributed by atoms with Crippen molar-refractivity contribution in [1.82, 2.24) is 0 Å². The molecule has 0 radical (unpaired) electrons. The third-order valence-corrected chi connectivity index (χ3v) is 5.08. The second-order valence-electron chi connectivity index (χ2n) is 3.43. The largest absolute Gasteiger partial charge is 0.327 e. The minimum atomic E-state index is -3.11. The Bertz CT molecular complexity index is 414. The molecule has 1 atom stereocenters. The molecule has 0 spiro atoms. The van der Waals surface area contributed by atoms with Crippen LogP contribution in [0.1, 0.15) is 18.2 Å². The van der Waals surface area contributed by atoms with E-state index >= 15 is 0 Å². The van der Waals surface area contributed by atoms with Crippen LogP contribution < -0.4 is 5.73 Å². The number of rotatable bonds is 5. The van der Waals surface area contributed by atoms with E-state index < -0.39 is 9.84 Å². The zero-order chi connectivity index (χ0) is 11.5. The summed E-state index contributed by atoms with van der Waals surface area (Å²) >= 11 is 7.02. The lowest BCUT2D eigenvalue weighted by molar-refractivity contribution is 0.583. The minimum absolute atomic E-state index is 0.0398. The topological polar surface area (TPSA) is 60.2 Å². The molecule has 0 saturated heterocycles. The average molecular weight is 268 g/mol. The summed E-state index contributed by atoms with van der Waals surface area (Å²) in [6.07, 6.45) is 0.671. The van der Waals surface area contributed by atoms with Crippen LogP contribution >= 0.6 is 22.9 Å². The predicted octanol–water partition coefficient (Wildman–Crippen LogP) is 2.05. The summed E-state index contributed by atoms with van der Waals surface area (Å²) in [7, 11) is -3.11. The molecule has 0 amide bonds. The van der Waals surface area contributed by atoms with Crippen molar-refractivity contribution in [3.63, 3.8) is 0 Å². The fraction of sp³-hybridized carbons (Fsp3) is 0.556. The van der Waals surface area contributed by atoms with E-state index in [4.69, 9.17) is 17.3 Å². The molecule has 0 bridgehead atoms. The highest BCUT2D eigenvalue weighted by Gasteiger charge is 2.16. The molecule has 2 N–H and O–H groups in total.